The summed E-state index contributed by atoms with van der Waals surface area (Å²) in [5.74, 6) is 4.56. The van der Waals surface area contributed by atoms with Gasteiger partial charge in [0.1, 0.15) is 29.0 Å². The van der Waals surface area contributed by atoms with Gasteiger partial charge in [-0.15, -0.1) is 0 Å². The number of hydrogen-bond acceptors (Lipinski definition) is 22. The van der Waals surface area contributed by atoms with E-state index in [-0.39, 0.29) is 28.7 Å². The van der Waals surface area contributed by atoms with Gasteiger partial charge in [0.15, 0.2) is 0 Å². The Kier molecular flexibility index (Phi) is 27.7. The number of benzene rings is 5. The summed E-state index contributed by atoms with van der Waals surface area (Å²) < 4.78 is 28.8. The van der Waals surface area contributed by atoms with Gasteiger partial charge < -0.3 is 48.7 Å². The SMILES string of the molecule is Cc1cccc(-c2cc(NCCCc3ccc(Br)cn3)nc(N)n2)c1C.Cc1cccc(-c2cc(NCCCc3ccc(S(N)(=O)=O)cc3)nc(N)n2)c1C.Cc1cccc(-c2cc(NCCCc3cccnc3)nc(N)n2)c1C.Cc1noc(C)c1-c1cc(NCCc2ccc(Cl)cc2)nc(N)n1. The Bertz CT molecular complexity index is 4920. The summed E-state index contributed by atoms with van der Waals surface area (Å²) in [6, 6.07) is 48.7. The number of nitrogens with zero attached hydrogens (tertiary/aromatic N) is 11. The molecule has 0 aliphatic carbocycles. The zero-order valence-electron chi connectivity index (χ0n) is 59.6. The maximum absolute atomic E-state index is 11.3. The topological polar surface area (TPSA) is 367 Å². The molecule has 538 valence electrons. The molecule has 14 N–H and O–H groups in total. The van der Waals surface area contributed by atoms with Gasteiger partial charge in [0, 0.05) is 101 Å². The lowest BCUT2D eigenvalue weighted by molar-refractivity contribution is 0.393. The van der Waals surface area contributed by atoms with Crippen LogP contribution in [-0.4, -0.2) is 89.6 Å². The summed E-state index contributed by atoms with van der Waals surface area (Å²) >= 11 is 9.29. The van der Waals surface area contributed by atoms with Crippen molar-refractivity contribution < 1.29 is 12.9 Å². The molecule has 0 fully saturated rings. The van der Waals surface area contributed by atoms with Crippen LogP contribution in [0.2, 0.25) is 5.02 Å². The molecule has 0 bridgehead atoms. The molecule has 26 heteroatoms. The van der Waals surface area contributed by atoms with Crippen molar-refractivity contribution in [1.82, 2.24) is 55.0 Å². The van der Waals surface area contributed by atoms with Crippen molar-refractivity contribution in [1.29, 1.82) is 0 Å². The highest BCUT2D eigenvalue weighted by Gasteiger charge is 2.17. The molecule has 0 saturated carbocycles. The number of rotatable bonds is 24. The van der Waals surface area contributed by atoms with Crippen molar-refractivity contribution in [2.24, 2.45) is 5.14 Å². The molecule has 0 aliphatic heterocycles. The van der Waals surface area contributed by atoms with Gasteiger partial charge in [-0.25, -0.2) is 33.5 Å². The van der Waals surface area contributed by atoms with Crippen molar-refractivity contribution >= 4 is 84.6 Å². The summed E-state index contributed by atoms with van der Waals surface area (Å²) in [5, 5.41) is 23.1. The molecule has 104 heavy (non-hydrogen) atoms. The Morgan fingerprint density at radius 1 is 0.452 bits per heavy atom. The quantitative estimate of drug-likeness (QED) is 0.0254. The number of primary sulfonamides is 1. The van der Waals surface area contributed by atoms with Crippen molar-refractivity contribution in [3.63, 3.8) is 0 Å². The van der Waals surface area contributed by atoms with Crippen LogP contribution in [0.25, 0.3) is 45.0 Å². The van der Waals surface area contributed by atoms with Crippen LogP contribution in [0, 0.1) is 55.4 Å². The number of sulfonamides is 1. The van der Waals surface area contributed by atoms with Crippen LogP contribution in [0.1, 0.15) is 86.5 Å². The molecule has 0 saturated heterocycles. The first-order valence-corrected chi connectivity index (χ1v) is 36.7. The predicted octanol–water partition coefficient (Wildman–Crippen LogP) is 15.0. The molecular weight excluding hydrogens is 1410 g/mol. The van der Waals surface area contributed by atoms with E-state index in [0.717, 1.165) is 142 Å². The number of aryl methyl sites for hydroxylation is 8. The predicted molar refractivity (Wildman–Crippen MR) is 424 cm³/mol. The monoisotopic (exact) mass is 1500 g/mol. The Morgan fingerprint density at radius 3 is 1.30 bits per heavy atom. The van der Waals surface area contributed by atoms with Gasteiger partial charge in [-0.05, 0) is 209 Å². The summed E-state index contributed by atoms with van der Waals surface area (Å²) in [4.78, 5) is 43.2. The lowest BCUT2D eigenvalue weighted by Gasteiger charge is -2.11. The molecule has 0 aliphatic rings. The number of anilines is 8. The van der Waals surface area contributed by atoms with Gasteiger partial charge in [0.05, 0.1) is 38.9 Å². The lowest BCUT2D eigenvalue weighted by atomic mass is 10.0. The van der Waals surface area contributed by atoms with Gasteiger partial charge in [-0.2, -0.15) is 19.9 Å². The van der Waals surface area contributed by atoms with Crippen LogP contribution in [0.5, 0.6) is 0 Å². The third-order valence-corrected chi connectivity index (χ3v) is 18.8. The second-order valence-electron chi connectivity index (χ2n) is 24.8. The zero-order chi connectivity index (χ0) is 74.3. The highest BCUT2D eigenvalue weighted by Crippen LogP contribution is 2.31. The molecule has 12 rings (SSSR count). The van der Waals surface area contributed by atoms with Crippen LogP contribution >= 0.6 is 27.5 Å². The second kappa shape index (κ2) is 37.3. The van der Waals surface area contributed by atoms with E-state index in [1.165, 1.54) is 56.6 Å². The van der Waals surface area contributed by atoms with Gasteiger partial charge in [0.25, 0.3) is 0 Å². The van der Waals surface area contributed by atoms with E-state index >= 15 is 0 Å². The minimum atomic E-state index is -3.66. The molecule has 12 aromatic rings. The number of pyridine rings is 2. The Labute approximate surface area is 621 Å². The number of nitrogens with two attached hydrogens (primary N) is 5. The third-order valence-electron chi connectivity index (χ3n) is 17.1. The number of nitrogens with one attached hydrogen (secondary N) is 4. The Morgan fingerprint density at radius 2 is 0.875 bits per heavy atom. The molecule has 0 atom stereocenters. The van der Waals surface area contributed by atoms with E-state index in [1.807, 2.05) is 117 Å². The number of nitrogen functional groups attached to an aromatic ring is 4. The van der Waals surface area contributed by atoms with E-state index in [4.69, 9.17) is 44.2 Å². The summed E-state index contributed by atoms with van der Waals surface area (Å²) in [6.45, 7) is 19.3. The molecule has 23 nitrogen and oxygen atoms in total. The Balaban J connectivity index is 0.000000161. The smallest absolute Gasteiger partial charge is 0.238 e. The maximum Gasteiger partial charge on any atom is 0.238 e. The minimum Gasteiger partial charge on any atom is -0.370 e. The Hall–Kier alpha value is -11.0. The van der Waals surface area contributed by atoms with Gasteiger partial charge in [-0.3, -0.25) is 9.97 Å². The van der Waals surface area contributed by atoms with Crippen LogP contribution < -0.4 is 49.3 Å². The molecule has 0 radical (unpaired) electrons. The average molecular weight is 1500 g/mol. The molecule has 7 heterocycles. The normalized spacial score (nSPS) is 10.9. The van der Waals surface area contributed by atoms with Crippen LogP contribution in [0.15, 0.2) is 184 Å². The number of halogens is 2. The van der Waals surface area contributed by atoms with E-state index in [2.05, 4.69) is 170 Å². The first-order chi connectivity index (χ1) is 49.9. The van der Waals surface area contributed by atoms with Crippen molar-refractivity contribution in [2.45, 2.75) is 105 Å². The van der Waals surface area contributed by atoms with Crippen molar-refractivity contribution in [3.8, 4) is 45.0 Å². The zero-order valence-corrected chi connectivity index (χ0v) is 62.8. The van der Waals surface area contributed by atoms with Crippen LogP contribution in [-0.2, 0) is 35.7 Å². The largest absolute Gasteiger partial charge is 0.370 e. The van der Waals surface area contributed by atoms with Gasteiger partial charge in [-0.1, -0.05) is 102 Å². The fraction of sp³-hybridized carbons (Fsp3) is 0.244. The minimum absolute atomic E-state index is 0.120. The van der Waals surface area contributed by atoms with E-state index in [1.54, 1.807) is 18.3 Å². The van der Waals surface area contributed by atoms with Crippen LogP contribution in [0.3, 0.4) is 0 Å². The second-order valence-corrected chi connectivity index (χ2v) is 27.8. The molecule has 7 aromatic heterocycles. The standard InChI is InChI=1S/C21H25N5O2S.C20H22BrN5.C20H23N5.C17H18ClN5O/c1-14-5-3-7-18(15(14)2)19-13-20(26-21(22)25-19)24-12-4-6-16-8-10-17(11-9-16)29(23,27)28;1-13-5-3-7-17(14(13)2)18-11-19(26-20(22)25-18)23-10-4-6-16-9-8-15(21)12-24-16;1-14-6-3-9-17(15(14)2)18-12-19(25-20(21)24-18)23-11-5-8-16-7-4-10-22-13-16;1-10-16(11(2)24-23-10)14-9-15(22-17(19)21-14)20-8-7-12-3-5-13(18)6-4-12/h3,5,7-11,13H,4,6,12H2,1-2H3,(H2,23,27,28)(H3,22,24,25,26);3,5,7-9,11-12H,4,6,10H2,1-2H3,(H3,22,23,25,26);3-4,6-7,9-10,12-13H,5,8,11H2,1-2H3,(H3,21,23,24,25);3-6,9H,7-8H2,1-2H3,(H3,19,20,21,22). The van der Waals surface area contributed by atoms with E-state index in [9.17, 15) is 8.42 Å². The molecule has 0 spiro atoms. The highest BCUT2D eigenvalue weighted by molar-refractivity contribution is 9.10. The highest BCUT2D eigenvalue weighted by atomic mass is 79.9. The maximum atomic E-state index is 11.3. The molecule has 5 aromatic carbocycles. The average Bonchev–Trinajstić information content (AvgIpc) is 1.01. The number of hydrogen-bond donors (Lipinski definition) is 9. The summed E-state index contributed by atoms with van der Waals surface area (Å²) in [6.07, 6.45) is 11.8. The van der Waals surface area contributed by atoms with Crippen LogP contribution in [0.4, 0.5) is 47.1 Å². The molecular formula is C78H88BrClN20O3S. The van der Waals surface area contributed by atoms with Gasteiger partial charge >= 0.3 is 0 Å². The fourth-order valence-corrected chi connectivity index (χ4v) is 12.0. The molecule has 0 unspecified atom stereocenters. The lowest BCUT2D eigenvalue weighted by Crippen LogP contribution is -2.12. The van der Waals surface area contributed by atoms with Gasteiger partial charge in [0.2, 0.25) is 33.8 Å². The first kappa shape index (κ1) is 77.2. The summed E-state index contributed by atoms with van der Waals surface area (Å²) in [5.41, 5.74) is 43.4. The summed E-state index contributed by atoms with van der Waals surface area (Å²) in [7, 11) is -3.66. The molecule has 0 amide bonds. The van der Waals surface area contributed by atoms with Crippen molar-refractivity contribution in [3.05, 3.63) is 247 Å². The van der Waals surface area contributed by atoms with E-state index < -0.39 is 10.0 Å². The fourth-order valence-electron chi connectivity index (χ4n) is 11.1. The van der Waals surface area contributed by atoms with E-state index in [0.29, 0.717) is 29.6 Å². The third kappa shape index (κ3) is 23.0. The van der Waals surface area contributed by atoms with Crippen molar-refractivity contribution in [2.75, 3.05) is 70.4 Å². The number of aromatic nitrogens is 11. The first-order valence-electron chi connectivity index (χ1n) is 33.9.